The second-order valence-corrected chi connectivity index (χ2v) is 16.5. The van der Waals surface area contributed by atoms with Gasteiger partial charge in [0.05, 0.1) is 33.0 Å². The Morgan fingerprint density at radius 2 is 1.39 bits per heavy atom. The van der Waals surface area contributed by atoms with Gasteiger partial charge in [0.1, 0.15) is 23.2 Å². The molecule has 1 aliphatic rings. The molecule has 0 amide bonds. The molecule has 6 rings (SSSR count). The number of aryl methyl sites for hydroxylation is 1. The molecule has 14 heteroatoms. The Labute approximate surface area is 357 Å². The second kappa shape index (κ2) is 20.4. The van der Waals surface area contributed by atoms with Crippen LogP contribution in [-0.4, -0.2) is 78.0 Å². The minimum absolute atomic E-state index is 0.0647. The number of hydrogen-bond donors (Lipinski definition) is 1. The van der Waals surface area contributed by atoms with Crippen LogP contribution in [0.5, 0.6) is 11.5 Å². The number of nitrogens with one attached hydrogen (secondary N) is 1. The van der Waals surface area contributed by atoms with Gasteiger partial charge < -0.3 is 32.7 Å². The Bertz CT molecular complexity index is 2260. The van der Waals surface area contributed by atoms with E-state index in [4.69, 9.17) is 32.7 Å². The largest absolute Gasteiger partial charge is 0.497 e. The molecule has 0 bridgehead atoms. The molecule has 0 radical (unpaired) electrons. The lowest BCUT2D eigenvalue weighted by Gasteiger charge is -2.47. The van der Waals surface area contributed by atoms with Gasteiger partial charge in [-0.25, -0.2) is 14.3 Å². The number of aromatic amines is 1. The molecule has 1 aliphatic heterocycles. The molecule has 5 atom stereocenters. The Morgan fingerprint density at radius 3 is 1.92 bits per heavy atom. The van der Waals surface area contributed by atoms with E-state index >= 15 is 0 Å². The van der Waals surface area contributed by atoms with Crippen molar-refractivity contribution < 1.29 is 37.5 Å². The molecule has 1 fully saturated rings. The smallest absolute Gasteiger partial charge is 0.338 e. The summed E-state index contributed by atoms with van der Waals surface area (Å²) >= 11 is 0. The summed E-state index contributed by atoms with van der Waals surface area (Å²) in [7, 11) is 1.25. The average molecular weight is 852 g/mol. The summed E-state index contributed by atoms with van der Waals surface area (Å²) in [5.74, 6) is 0.627. The van der Waals surface area contributed by atoms with E-state index in [9.17, 15) is 14.4 Å². The fourth-order valence-corrected chi connectivity index (χ4v) is 9.22. The summed E-state index contributed by atoms with van der Waals surface area (Å²) in [6, 6.07) is 33.3. The molecule has 1 saturated heterocycles. The number of nitrogens with zero attached hydrogens (tertiary/aromatic N) is 2. The first-order chi connectivity index (χ1) is 29.4. The fourth-order valence-electron chi connectivity index (χ4n) is 7.49. The quantitative estimate of drug-likeness (QED) is 0.0398. The van der Waals surface area contributed by atoms with Gasteiger partial charge in [0.2, 0.25) is 0 Å². The van der Waals surface area contributed by atoms with Crippen molar-refractivity contribution in [3.8, 4) is 11.5 Å². The summed E-state index contributed by atoms with van der Waals surface area (Å²) in [4.78, 5) is 43.2. The van der Waals surface area contributed by atoms with Crippen LogP contribution in [0.1, 0.15) is 66.5 Å². The number of rotatable bonds is 18. The molecule has 1 N–H and O–H groups in total. The first-order valence-electron chi connectivity index (χ1n) is 20.1. The van der Waals surface area contributed by atoms with E-state index in [2.05, 4.69) is 16.2 Å². The van der Waals surface area contributed by atoms with Crippen molar-refractivity contribution in [1.82, 2.24) is 14.2 Å². The standard InChI is InChI=1S/C47H54N3O10P/c1-9-28-57-61(50(31(2)3)32(4)5)60-42-41(58-45(52)34-16-12-10-13-17-34)40(30-56-44(42)49-29-33(6)43(51)48-46(49)53)59-47(35-18-14-11-15-19-35,36-20-24-38(54-7)25-21-36)37-22-26-39(55-8)27-23-37/h9-27,29,31-32,40-42,44H,1,28,30H2,2-8H3,(H,48,51,53)/t40-,41-,42-,44-,61?/m1/s1. The Morgan fingerprint density at radius 1 is 0.852 bits per heavy atom. The number of esters is 1. The molecule has 61 heavy (non-hydrogen) atoms. The highest BCUT2D eigenvalue weighted by Crippen LogP contribution is 2.51. The van der Waals surface area contributed by atoms with Crippen LogP contribution >= 0.6 is 8.53 Å². The van der Waals surface area contributed by atoms with E-state index < -0.39 is 55.9 Å². The predicted molar refractivity (Wildman–Crippen MR) is 234 cm³/mol. The zero-order valence-corrected chi connectivity index (χ0v) is 36.5. The molecule has 0 aliphatic carbocycles. The SMILES string of the molecule is C=CCOP(O[C@@H]1[C@H](OC(=O)c2ccccc2)[C@H](OC(c2ccccc2)(c2ccc(OC)cc2)c2ccc(OC)cc2)CO[C@H]1n1cc(C)c(=O)[nH]c1=O)N(C(C)C)C(C)C. The molecule has 4 aromatic carbocycles. The molecule has 0 spiro atoms. The third-order valence-electron chi connectivity index (χ3n) is 10.3. The van der Waals surface area contributed by atoms with Gasteiger partial charge in [0.25, 0.3) is 14.1 Å². The van der Waals surface area contributed by atoms with Crippen LogP contribution in [0, 0.1) is 6.92 Å². The van der Waals surface area contributed by atoms with Gasteiger partial charge in [-0.3, -0.25) is 14.3 Å². The van der Waals surface area contributed by atoms with Crippen molar-refractivity contribution in [2.45, 2.75) is 76.8 Å². The van der Waals surface area contributed by atoms with Crippen LogP contribution in [0.15, 0.2) is 138 Å². The van der Waals surface area contributed by atoms with Crippen LogP contribution in [0.4, 0.5) is 0 Å². The summed E-state index contributed by atoms with van der Waals surface area (Å²) in [6.07, 6.45) is -1.78. The zero-order valence-electron chi connectivity index (χ0n) is 35.6. The highest BCUT2D eigenvalue weighted by Gasteiger charge is 2.52. The van der Waals surface area contributed by atoms with Crippen LogP contribution in [-0.2, 0) is 28.9 Å². The van der Waals surface area contributed by atoms with Gasteiger partial charge in [0.15, 0.2) is 18.4 Å². The van der Waals surface area contributed by atoms with Crippen molar-refractivity contribution in [2.24, 2.45) is 0 Å². The zero-order chi connectivity index (χ0) is 43.7. The number of carbonyl (C=O) groups is 1. The summed E-state index contributed by atoms with van der Waals surface area (Å²) in [5.41, 5.74) is 0.106. The normalized spacial score (nSPS) is 18.5. The maximum atomic E-state index is 14.4. The molecular formula is C47H54N3O10P. The lowest BCUT2D eigenvalue weighted by Crippen LogP contribution is -2.58. The van der Waals surface area contributed by atoms with Crippen molar-refractivity contribution in [1.29, 1.82) is 0 Å². The predicted octanol–water partition coefficient (Wildman–Crippen LogP) is 7.93. The number of methoxy groups -OCH3 is 2. The summed E-state index contributed by atoms with van der Waals surface area (Å²) < 4.78 is 48.8. The fraction of sp³-hybridized carbons (Fsp3) is 0.340. The first kappa shape index (κ1) is 45.1. The van der Waals surface area contributed by atoms with E-state index in [-0.39, 0.29) is 36.4 Å². The highest BCUT2D eigenvalue weighted by atomic mass is 31.2. The van der Waals surface area contributed by atoms with E-state index in [1.165, 1.54) is 10.8 Å². The number of ether oxygens (including phenoxy) is 5. The van der Waals surface area contributed by atoms with Gasteiger partial charge in [-0.15, -0.1) is 6.58 Å². The van der Waals surface area contributed by atoms with Crippen LogP contribution in [0.2, 0.25) is 0 Å². The van der Waals surface area contributed by atoms with E-state index in [0.29, 0.717) is 11.5 Å². The molecule has 2 heterocycles. The summed E-state index contributed by atoms with van der Waals surface area (Å²) in [5, 5.41) is 0. The van der Waals surface area contributed by atoms with Gasteiger partial charge in [-0.1, -0.05) is 78.9 Å². The molecule has 0 saturated carbocycles. The molecule has 5 aromatic rings. The Kier molecular flexibility index (Phi) is 15.1. The third-order valence-corrected chi connectivity index (χ3v) is 12.4. The molecule has 1 aromatic heterocycles. The van der Waals surface area contributed by atoms with Gasteiger partial charge >= 0.3 is 11.7 Å². The summed E-state index contributed by atoms with van der Waals surface area (Å²) in [6.45, 7) is 13.5. The highest BCUT2D eigenvalue weighted by molar-refractivity contribution is 7.44. The lowest BCUT2D eigenvalue weighted by molar-refractivity contribution is -0.235. The molecule has 1 unspecified atom stereocenters. The van der Waals surface area contributed by atoms with E-state index in [1.54, 1.807) is 57.6 Å². The minimum Gasteiger partial charge on any atom is -0.497 e. The maximum absolute atomic E-state index is 14.4. The number of aromatic nitrogens is 2. The topological polar surface area (TPSA) is 140 Å². The number of carbonyl (C=O) groups excluding carboxylic acids is 1. The second-order valence-electron chi connectivity index (χ2n) is 15.1. The van der Waals surface area contributed by atoms with Gasteiger partial charge in [-0.05, 0) is 87.7 Å². The van der Waals surface area contributed by atoms with Gasteiger partial charge in [0, 0.05) is 23.8 Å². The molecular weight excluding hydrogens is 798 g/mol. The monoisotopic (exact) mass is 851 g/mol. The number of hydrogen-bond acceptors (Lipinski definition) is 11. The molecule has 322 valence electrons. The minimum atomic E-state index is -1.95. The number of H-pyrrole nitrogens is 1. The van der Waals surface area contributed by atoms with Crippen molar-refractivity contribution in [2.75, 3.05) is 27.4 Å². The van der Waals surface area contributed by atoms with Crippen molar-refractivity contribution >= 4 is 14.5 Å². The van der Waals surface area contributed by atoms with Crippen molar-refractivity contribution in [3.63, 3.8) is 0 Å². The average Bonchev–Trinajstić information content (AvgIpc) is 3.27. The first-order valence-corrected chi connectivity index (χ1v) is 21.3. The maximum Gasteiger partial charge on any atom is 0.338 e. The third kappa shape index (κ3) is 10.1. The Hall–Kier alpha value is -5.40. The van der Waals surface area contributed by atoms with Crippen LogP contribution in [0.25, 0.3) is 0 Å². The Balaban J connectivity index is 1.61. The molecule has 13 nitrogen and oxygen atoms in total. The van der Waals surface area contributed by atoms with Crippen LogP contribution < -0.4 is 20.7 Å². The van der Waals surface area contributed by atoms with E-state index in [0.717, 1.165) is 16.7 Å². The lowest BCUT2D eigenvalue weighted by atomic mass is 9.79. The van der Waals surface area contributed by atoms with E-state index in [1.807, 2.05) is 107 Å². The van der Waals surface area contributed by atoms with Crippen LogP contribution in [0.3, 0.4) is 0 Å². The number of benzene rings is 4. The van der Waals surface area contributed by atoms with Gasteiger partial charge in [-0.2, -0.15) is 0 Å². The van der Waals surface area contributed by atoms with Crippen molar-refractivity contribution in [3.05, 3.63) is 177 Å².